The lowest BCUT2D eigenvalue weighted by atomic mass is 10.1. The fraction of sp³-hybridized carbons (Fsp3) is 0.375. The smallest absolute Gasteiger partial charge is 0.235 e. The highest BCUT2D eigenvalue weighted by Gasteiger charge is 2.21. The molecule has 1 saturated heterocycles. The second kappa shape index (κ2) is 10.7. The molecule has 0 saturated carbocycles. The van der Waals surface area contributed by atoms with E-state index in [1.807, 2.05) is 43.3 Å². The van der Waals surface area contributed by atoms with Crippen molar-refractivity contribution in [2.75, 3.05) is 29.7 Å². The number of rotatable bonds is 9. The van der Waals surface area contributed by atoms with Crippen LogP contribution in [-0.2, 0) is 10.0 Å². The number of nitrogens with zero attached hydrogens (tertiary/aromatic N) is 1. The Hall–Kier alpha value is -2.84. The van der Waals surface area contributed by atoms with E-state index in [-0.39, 0.29) is 24.2 Å². The van der Waals surface area contributed by atoms with E-state index in [1.165, 1.54) is 4.31 Å². The third-order valence-corrected chi connectivity index (χ3v) is 7.16. The topological polar surface area (TPSA) is 109 Å². The van der Waals surface area contributed by atoms with E-state index < -0.39 is 10.0 Å². The predicted molar refractivity (Wildman–Crippen MR) is 131 cm³/mol. The highest BCUT2D eigenvalue weighted by molar-refractivity contribution is 7.92. The van der Waals surface area contributed by atoms with E-state index in [4.69, 9.17) is 15.9 Å². The first kappa shape index (κ1) is 23.8. The molecule has 1 aliphatic heterocycles. The lowest BCUT2D eigenvalue weighted by Crippen LogP contribution is -2.34. The van der Waals surface area contributed by atoms with Crippen LogP contribution < -0.4 is 20.1 Å². The van der Waals surface area contributed by atoms with Crippen molar-refractivity contribution in [2.24, 2.45) is 5.73 Å². The lowest BCUT2D eigenvalue weighted by Gasteiger charge is -2.26. The quantitative estimate of drug-likeness (QED) is 0.396. The van der Waals surface area contributed by atoms with E-state index in [2.05, 4.69) is 5.32 Å². The summed E-state index contributed by atoms with van der Waals surface area (Å²) in [6, 6.07) is 14.6. The van der Waals surface area contributed by atoms with Gasteiger partial charge >= 0.3 is 0 Å². The van der Waals surface area contributed by atoms with Crippen LogP contribution in [0.25, 0.3) is 6.08 Å². The van der Waals surface area contributed by atoms with Crippen LogP contribution in [0.4, 0.5) is 5.69 Å². The van der Waals surface area contributed by atoms with Gasteiger partial charge in [0.15, 0.2) is 0 Å². The summed E-state index contributed by atoms with van der Waals surface area (Å²) in [5.41, 5.74) is 8.56. The zero-order chi connectivity index (χ0) is 23.1. The van der Waals surface area contributed by atoms with Crippen molar-refractivity contribution in [3.05, 3.63) is 65.2 Å². The first-order valence-corrected chi connectivity index (χ1v) is 12.5. The maximum absolute atomic E-state index is 12.8. The van der Waals surface area contributed by atoms with Crippen LogP contribution in [0.15, 0.2) is 54.1 Å². The largest absolute Gasteiger partial charge is 0.490 e. The predicted octanol–water partition coefficient (Wildman–Crippen LogP) is 3.36. The average Bonchev–Trinajstić information content (AvgIpc) is 2.79. The third-order valence-electron chi connectivity index (χ3n) is 5.42. The summed E-state index contributed by atoms with van der Waals surface area (Å²) in [4.78, 5) is 0. The maximum Gasteiger partial charge on any atom is 0.235 e. The Morgan fingerprint density at radius 1 is 1.22 bits per heavy atom. The van der Waals surface area contributed by atoms with Gasteiger partial charge < -0.3 is 15.8 Å². The average molecular weight is 457 g/mol. The molecule has 0 bridgehead atoms. The molecule has 0 spiro atoms. The number of nitrogens with one attached hydrogen (secondary N) is 2. The van der Waals surface area contributed by atoms with Gasteiger partial charge in [-0.15, -0.1) is 0 Å². The molecule has 0 aliphatic carbocycles. The van der Waals surface area contributed by atoms with Gasteiger partial charge in [0, 0.05) is 5.56 Å². The monoisotopic (exact) mass is 456 g/mol. The molecular weight excluding hydrogens is 424 g/mol. The minimum atomic E-state index is -3.47. The van der Waals surface area contributed by atoms with Crippen LogP contribution in [-0.4, -0.2) is 45.7 Å². The van der Waals surface area contributed by atoms with Gasteiger partial charge in [0.2, 0.25) is 10.0 Å². The molecule has 32 heavy (non-hydrogen) atoms. The van der Waals surface area contributed by atoms with E-state index >= 15 is 0 Å². The summed E-state index contributed by atoms with van der Waals surface area (Å²) in [5.74, 6) is 0.760. The molecule has 0 aromatic heterocycles. The normalized spacial score (nSPS) is 15.4. The van der Waals surface area contributed by atoms with Gasteiger partial charge in [0.25, 0.3) is 0 Å². The molecule has 172 valence electrons. The molecule has 0 unspecified atom stereocenters. The number of benzene rings is 2. The minimum absolute atomic E-state index is 0.000103. The summed E-state index contributed by atoms with van der Waals surface area (Å²) < 4.78 is 33.2. The molecule has 2 aromatic carbocycles. The molecular formula is C24H32N4O3S. The first-order chi connectivity index (χ1) is 15.3. The number of nitrogen functional groups attached to an aromatic ring is 1. The standard InChI is InChI=1S/C24H32N4O3S/c1-3-32(29,30)28(17-18(2)15-19-5-4-6-20(16-19)24(25)26)21-7-9-22(10-8-21)31-23-11-13-27-14-12-23/h4-10,15-16,23,27H,3,11-14,17H2,1-2H3,(H3,25,26). The van der Waals surface area contributed by atoms with Crippen molar-refractivity contribution in [1.29, 1.82) is 5.41 Å². The Kier molecular flexibility index (Phi) is 7.93. The molecule has 8 heteroatoms. The number of hydrogen-bond donors (Lipinski definition) is 3. The molecule has 2 aromatic rings. The Bertz CT molecular complexity index is 1060. The molecule has 4 N–H and O–H groups in total. The first-order valence-electron chi connectivity index (χ1n) is 10.9. The van der Waals surface area contributed by atoms with E-state index in [0.29, 0.717) is 11.3 Å². The number of ether oxygens (including phenoxy) is 1. The summed E-state index contributed by atoms with van der Waals surface area (Å²) in [6.07, 6.45) is 4.03. The van der Waals surface area contributed by atoms with Gasteiger partial charge in [-0.25, -0.2) is 8.42 Å². The van der Waals surface area contributed by atoms with Crippen LogP contribution >= 0.6 is 0 Å². The molecule has 7 nitrogen and oxygen atoms in total. The molecule has 0 atom stereocenters. The molecule has 1 fully saturated rings. The summed E-state index contributed by atoms with van der Waals surface area (Å²) in [5, 5.41) is 10.9. The fourth-order valence-electron chi connectivity index (χ4n) is 3.66. The number of hydrogen-bond acceptors (Lipinski definition) is 5. The number of anilines is 1. The summed E-state index contributed by atoms with van der Waals surface area (Å²) >= 11 is 0. The number of sulfonamides is 1. The number of nitrogens with two attached hydrogens (primary N) is 1. The van der Waals surface area contributed by atoms with Crippen molar-refractivity contribution < 1.29 is 13.2 Å². The lowest BCUT2D eigenvalue weighted by molar-refractivity contribution is 0.162. The van der Waals surface area contributed by atoms with Gasteiger partial charge in [-0.1, -0.05) is 29.8 Å². The van der Waals surface area contributed by atoms with Gasteiger partial charge in [0.1, 0.15) is 17.7 Å². The van der Waals surface area contributed by atoms with Gasteiger partial charge in [-0.2, -0.15) is 0 Å². The van der Waals surface area contributed by atoms with Crippen LogP contribution in [0.2, 0.25) is 0 Å². The highest BCUT2D eigenvalue weighted by Crippen LogP contribution is 2.25. The molecule has 3 rings (SSSR count). The number of amidine groups is 1. The van der Waals surface area contributed by atoms with Crippen molar-refractivity contribution in [1.82, 2.24) is 5.32 Å². The van der Waals surface area contributed by atoms with Crippen LogP contribution in [0.1, 0.15) is 37.8 Å². The van der Waals surface area contributed by atoms with Crippen molar-refractivity contribution in [3.8, 4) is 5.75 Å². The minimum Gasteiger partial charge on any atom is -0.490 e. The summed E-state index contributed by atoms with van der Waals surface area (Å²) in [6.45, 7) is 5.67. The van der Waals surface area contributed by atoms with Gasteiger partial charge in [-0.05, 0) is 75.7 Å². The Morgan fingerprint density at radius 3 is 2.53 bits per heavy atom. The molecule has 0 radical (unpaired) electrons. The van der Waals surface area contributed by atoms with Crippen molar-refractivity contribution >= 4 is 27.6 Å². The van der Waals surface area contributed by atoms with Crippen molar-refractivity contribution in [2.45, 2.75) is 32.8 Å². The van der Waals surface area contributed by atoms with E-state index in [9.17, 15) is 8.42 Å². The number of piperidine rings is 1. The maximum atomic E-state index is 12.8. The zero-order valence-corrected chi connectivity index (χ0v) is 19.5. The molecule has 1 heterocycles. The molecule has 0 amide bonds. The third kappa shape index (κ3) is 6.34. The Morgan fingerprint density at radius 2 is 1.91 bits per heavy atom. The Balaban J connectivity index is 1.79. The zero-order valence-electron chi connectivity index (χ0n) is 18.7. The van der Waals surface area contributed by atoms with Gasteiger partial charge in [-0.3, -0.25) is 9.71 Å². The van der Waals surface area contributed by atoms with Crippen LogP contribution in [0.5, 0.6) is 5.75 Å². The van der Waals surface area contributed by atoms with E-state index in [0.717, 1.165) is 42.8 Å². The second-order valence-electron chi connectivity index (χ2n) is 8.00. The van der Waals surface area contributed by atoms with Crippen LogP contribution in [0.3, 0.4) is 0 Å². The SMILES string of the molecule is CCS(=O)(=O)N(CC(C)=Cc1cccc(C(=N)N)c1)c1ccc(OC2CCNCC2)cc1. The molecule has 1 aliphatic rings. The Labute approximate surface area is 190 Å². The van der Waals surface area contributed by atoms with Crippen molar-refractivity contribution in [3.63, 3.8) is 0 Å². The van der Waals surface area contributed by atoms with Crippen LogP contribution in [0, 0.1) is 5.41 Å². The fourth-order valence-corrected chi connectivity index (χ4v) is 4.81. The highest BCUT2D eigenvalue weighted by atomic mass is 32.2. The van der Waals surface area contributed by atoms with E-state index in [1.54, 1.807) is 25.1 Å². The van der Waals surface area contributed by atoms with Gasteiger partial charge in [0.05, 0.1) is 18.0 Å². The summed E-state index contributed by atoms with van der Waals surface area (Å²) in [7, 11) is -3.47. The second-order valence-corrected chi connectivity index (χ2v) is 10.2.